The van der Waals surface area contributed by atoms with Gasteiger partial charge in [-0.25, -0.2) is 4.57 Å². The molecule has 0 amide bonds. The molecule has 0 unspecified atom stereocenters. The van der Waals surface area contributed by atoms with Crippen LogP contribution in [0.5, 0.6) is 11.5 Å². The number of rotatable bonds is 1. The second-order valence-electron chi connectivity index (χ2n) is 2.56. The van der Waals surface area contributed by atoms with E-state index in [0.29, 0.717) is 17.7 Å². The van der Waals surface area contributed by atoms with Crippen LogP contribution < -0.4 is 9.05 Å². The SMILES string of the molecule is CCP1(=O)Oc2ccccc2O1. The lowest BCUT2D eigenvalue weighted by molar-refractivity contribution is 0.432. The van der Waals surface area contributed by atoms with Crippen LogP contribution in [0.4, 0.5) is 0 Å². The van der Waals surface area contributed by atoms with Crippen molar-refractivity contribution >= 4 is 7.60 Å². The molecule has 1 aromatic rings. The van der Waals surface area contributed by atoms with Crippen LogP contribution in [0.3, 0.4) is 0 Å². The zero-order valence-electron chi connectivity index (χ0n) is 6.69. The van der Waals surface area contributed by atoms with Gasteiger partial charge in [-0.05, 0) is 12.1 Å². The van der Waals surface area contributed by atoms with Gasteiger partial charge < -0.3 is 9.05 Å². The lowest BCUT2D eigenvalue weighted by Crippen LogP contribution is -1.93. The standard InChI is InChI=1S/C8H9O3P/c1-2-12(9)10-7-5-3-4-6-8(7)11-12/h3-6H,2H2,1H3. The molecule has 1 aliphatic rings. The number of hydrogen-bond donors (Lipinski definition) is 0. The Hall–Kier alpha value is -0.950. The third-order valence-electron chi connectivity index (χ3n) is 1.71. The van der Waals surface area contributed by atoms with E-state index in [1.807, 2.05) is 12.1 Å². The molecular weight excluding hydrogens is 175 g/mol. The van der Waals surface area contributed by atoms with Crippen molar-refractivity contribution in [1.29, 1.82) is 0 Å². The maximum absolute atomic E-state index is 11.6. The molecule has 4 heteroatoms. The van der Waals surface area contributed by atoms with Crippen molar-refractivity contribution in [2.45, 2.75) is 6.92 Å². The first-order valence-corrected chi connectivity index (χ1v) is 5.53. The van der Waals surface area contributed by atoms with Gasteiger partial charge in [0.15, 0.2) is 11.5 Å². The molecule has 64 valence electrons. The molecule has 1 aromatic carbocycles. The van der Waals surface area contributed by atoms with Crippen molar-refractivity contribution < 1.29 is 13.6 Å². The van der Waals surface area contributed by atoms with E-state index in [9.17, 15) is 4.57 Å². The van der Waals surface area contributed by atoms with Crippen LogP contribution >= 0.6 is 7.60 Å². The molecule has 0 aromatic heterocycles. The van der Waals surface area contributed by atoms with Crippen LogP contribution in [0.2, 0.25) is 0 Å². The Bertz CT molecular complexity index is 319. The molecule has 0 N–H and O–H groups in total. The fraction of sp³-hybridized carbons (Fsp3) is 0.250. The summed E-state index contributed by atoms with van der Waals surface area (Å²) in [6, 6.07) is 7.16. The van der Waals surface area contributed by atoms with E-state index in [1.165, 1.54) is 0 Å². The van der Waals surface area contributed by atoms with Crippen molar-refractivity contribution in [3.8, 4) is 11.5 Å². The lowest BCUT2D eigenvalue weighted by Gasteiger charge is -2.05. The quantitative estimate of drug-likeness (QED) is 0.629. The molecule has 0 atom stereocenters. The minimum Gasteiger partial charge on any atom is -0.412 e. The molecule has 0 saturated carbocycles. The predicted octanol–water partition coefficient (Wildman–Crippen LogP) is 2.67. The minimum atomic E-state index is -2.83. The van der Waals surface area contributed by atoms with Gasteiger partial charge in [-0.3, -0.25) is 0 Å². The molecule has 0 aliphatic carbocycles. The third kappa shape index (κ3) is 1.10. The Labute approximate surface area is 70.8 Å². The number of fused-ring (bicyclic) bond motifs is 1. The van der Waals surface area contributed by atoms with E-state index in [4.69, 9.17) is 9.05 Å². The van der Waals surface area contributed by atoms with E-state index < -0.39 is 7.60 Å². The molecule has 0 saturated heterocycles. The van der Waals surface area contributed by atoms with E-state index >= 15 is 0 Å². The van der Waals surface area contributed by atoms with Gasteiger partial charge in [0, 0.05) is 0 Å². The zero-order chi connectivity index (χ0) is 8.60. The first-order chi connectivity index (χ1) is 5.73. The van der Waals surface area contributed by atoms with Crippen LogP contribution in [-0.2, 0) is 4.57 Å². The van der Waals surface area contributed by atoms with Crippen LogP contribution in [0.15, 0.2) is 24.3 Å². The summed E-state index contributed by atoms with van der Waals surface area (Å²) in [5.41, 5.74) is 0. The Morgan fingerprint density at radius 3 is 2.17 bits per heavy atom. The van der Waals surface area contributed by atoms with E-state index in [1.54, 1.807) is 19.1 Å². The summed E-state index contributed by atoms with van der Waals surface area (Å²) in [6.07, 6.45) is 0.404. The molecule has 0 spiro atoms. The largest absolute Gasteiger partial charge is 0.430 e. The topological polar surface area (TPSA) is 35.5 Å². The summed E-state index contributed by atoms with van der Waals surface area (Å²) in [4.78, 5) is 0. The van der Waals surface area contributed by atoms with Gasteiger partial charge in [-0.1, -0.05) is 19.1 Å². The molecule has 1 aliphatic heterocycles. The molecule has 12 heavy (non-hydrogen) atoms. The average Bonchev–Trinajstić information content (AvgIpc) is 2.42. The average molecular weight is 184 g/mol. The van der Waals surface area contributed by atoms with E-state index in [0.717, 1.165) is 0 Å². The van der Waals surface area contributed by atoms with Gasteiger partial charge in [-0.15, -0.1) is 0 Å². The summed E-state index contributed by atoms with van der Waals surface area (Å²) >= 11 is 0. The van der Waals surface area contributed by atoms with Crippen molar-refractivity contribution in [3.63, 3.8) is 0 Å². The molecule has 2 rings (SSSR count). The highest BCUT2D eigenvalue weighted by Gasteiger charge is 2.33. The smallest absolute Gasteiger partial charge is 0.412 e. The van der Waals surface area contributed by atoms with Crippen LogP contribution in [0, 0.1) is 0 Å². The van der Waals surface area contributed by atoms with Gasteiger partial charge >= 0.3 is 7.60 Å². The van der Waals surface area contributed by atoms with Crippen LogP contribution in [-0.4, -0.2) is 6.16 Å². The van der Waals surface area contributed by atoms with E-state index in [2.05, 4.69) is 0 Å². The maximum Gasteiger partial charge on any atom is 0.430 e. The van der Waals surface area contributed by atoms with Gasteiger partial charge in [0.05, 0.1) is 6.16 Å². The van der Waals surface area contributed by atoms with E-state index in [-0.39, 0.29) is 0 Å². The monoisotopic (exact) mass is 184 g/mol. The van der Waals surface area contributed by atoms with Crippen molar-refractivity contribution in [1.82, 2.24) is 0 Å². The highest BCUT2D eigenvalue weighted by Crippen LogP contribution is 2.57. The fourth-order valence-corrected chi connectivity index (χ4v) is 2.24. The lowest BCUT2D eigenvalue weighted by atomic mass is 10.3. The number of benzene rings is 1. The molecule has 1 heterocycles. The first-order valence-electron chi connectivity index (χ1n) is 3.81. The summed E-state index contributed by atoms with van der Waals surface area (Å²) in [7, 11) is -2.83. The highest BCUT2D eigenvalue weighted by atomic mass is 31.2. The highest BCUT2D eigenvalue weighted by molar-refractivity contribution is 7.55. The Balaban J connectivity index is 2.39. The van der Waals surface area contributed by atoms with Crippen LogP contribution in [0.25, 0.3) is 0 Å². The van der Waals surface area contributed by atoms with Gasteiger partial charge in [0.1, 0.15) is 0 Å². The second kappa shape index (κ2) is 2.53. The normalized spacial score (nSPS) is 17.8. The molecule has 0 bridgehead atoms. The fourth-order valence-electron chi connectivity index (χ4n) is 1.05. The van der Waals surface area contributed by atoms with Gasteiger partial charge in [0.2, 0.25) is 0 Å². The maximum atomic E-state index is 11.6. The number of para-hydroxylation sites is 2. The Morgan fingerprint density at radius 1 is 1.25 bits per heavy atom. The summed E-state index contributed by atoms with van der Waals surface area (Å²) < 4.78 is 21.9. The Kier molecular flexibility index (Phi) is 1.62. The molecular formula is C8H9O3P. The van der Waals surface area contributed by atoms with Crippen molar-refractivity contribution in [2.75, 3.05) is 6.16 Å². The van der Waals surface area contributed by atoms with Crippen molar-refractivity contribution in [2.24, 2.45) is 0 Å². The first kappa shape index (κ1) is 7.69. The van der Waals surface area contributed by atoms with Crippen molar-refractivity contribution in [3.05, 3.63) is 24.3 Å². The summed E-state index contributed by atoms with van der Waals surface area (Å²) in [6.45, 7) is 1.78. The Morgan fingerprint density at radius 2 is 1.75 bits per heavy atom. The van der Waals surface area contributed by atoms with Crippen LogP contribution in [0.1, 0.15) is 6.92 Å². The second-order valence-corrected chi connectivity index (χ2v) is 4.78. The summed E-state index contributed by atoms with van der Waals surface area (Å²) in [5, 5.41) is 0. The molecule has 0 fully saturated rings. The van der Waals surface area contributed by atoms with Gasteiger partial charge in [-0.2, -0.15) is 0 Å². The minimum absolute atomic E-state index is 0.404. The van der Waals surface area contributed by atoms with Gasteiger partial charge in [0.25, 0.3) is 0 Å². The number of hydrogen-bond acceptors (Lipinski definition) is 3. The molecule has 3 nitrogen and oxygen atoms in total. The third-order valence-corrected chi connectivity index (χ3v) is 3.44. The molecule has 0 radical (unpaired) electrons. The predicted molar refractivity (Wildman–Crippen MR) is 45.8 cm³/mol. The zero-order valence-corrected chi connectivity index (χ0v) is 7.58. The summed E-state index contributed by atoms with van der Waals surface area (Å²) in [5.74, 6) is 1.17.